The van der Waals surface area contributed by atoms with Crippen molar-refractivity contribution in [2.75, 3.05) is 0 Å². The second-order valence-electron chi connectivity index (χ2n) is 1.91. The maximum atomic E-state index is 10.6. The first kappa shape index (κ1) is 6.18. The lowest BCUT2D eigenvalue weighted by Gasteiger charge is -2.02. The van der Waals surface area contributed by atoms with Gasteiger partial charge in [0, 0.05) is 0 Å². The molecule has 0 aliphatic carbocycles. The quantitative estimate of drug-likeness (QED) is 0.224. The molecule has 1 aliphatic rings. The van der Waals surface area contributed by atoms with Crippen molar-refractivity contribution < 1.29 is 9.59 Å². The molecule has 0 unspecified atom stereocenters. The van der Waals surface area contributed by atoms with Crippen LogP contribution in [0, 0.1) is 0 Å². The van der Waals surface area contributed by atoms with Gasteiger partial charge in [-0.3, -0.25) is 9.59 Å². The Kier molecular flexibility index (Phi) is 1.22. The van der Waals surface area contributed by atoms with E-state index in [1.165, 1.54) is 0 Å². The van der Waals surface area contributed by atoms with Crippen molar-refractivity contribution in [2.45, 2.75) is 12.5 Å². The van der Waals surface area contributed by atoms with E-state index < -0.39 is 17.9 Å². The van der Waals surface area contributed by atoms with Crippen LogP contribution in [0.25, 0.3) is 0 Å². The van der Waals surface area contributed by atoms with E-state index in [4.69, 9.17) is 11.6 Å². The van der Waals surface area contributed by atoms with Gasteiger partial charge < -0.3 is 5.73 Å². The number of carbonyl (C=O) groups excluding carboxylic acids is 2. The Bertz CT molecular complexity index is 167. The van der Waals surface area contributed by atoms with E-state index in [0.29, 0.717) is 5.01 Å². The second-order valence-corrected chi connectivity index (χ2v) is 1.91. The van der Waals surface area contributed by atoms with Crippen molar-refractivity contribution in [3.63, 3.8) is 0 Å². The van der Waals surface area contributed by atoms with E-state index in [1.807, 2.05) is 0 Å². The molecule has 0 saturated carbocycles. The molecule has 1 aliphatic heterocycles. The highest BCUT2D eigenvalue weighted by atomic mass is 16.2. The molecule has 50 valence electrons. The number of rotatable bonds is 0. The minimum atomic E-state index is -0.720. The van der Waals surface area contributed by atoms with Crippen LogP contribution in [0.1, 0.15) is 6.42 Å². The van der Waals surface area contributed by atoms with Gasteiger partial charge >= 0.3 is 0 Å². The zero-order valence-electron chi connectivity index (χ0n) is 4.70. The van der Waals surface area contributed by atoms with Crippen LogP contribution in [0.15, 0.2) is 0 Å². The van der Waals surface area contributed by atoms with Crippen molar-refractivity contribution in [2.24, 2.45) is 11.6 Å². The predicted molar refractivity (Wildman–Crippen MR) is 28.6 cm³/mol. The second kappa shape index (κ2) is 1.78. The molecule has 9 heavy (non-hydrogen) atoms. The Balaban J connectivity index is 2.77. The first-order valence-electron chi connectivity index (χ1n) is 2.50. The maximum Gasteiger partial charge on any atom is 0.260 e. The molecule has 4 N–H and O–H groups in total. The summed E-state index contributed by atoms with van der Waals surface area (Å²) in [4.78, 5) is 21.1. The van der Waals surface area contributed by atoms with Crippen LogP contribution in [0.5, 0.6) is 0 Å². The number of hydrazine groups is 1. The zero-order valence-corrected chi connectivity index (χ0v) is 4.70. The van der Waals surface area contributed by atoms with E-state index >= 15 is 0 Å². The molecule has 0 aromatic rings. The summed E-state index contributed by atoms with van der Waals surface area (Å²) < 4.78 is 0. The molecule has 1 rings (SSSR count). The van der Waals surface area contributed by atoms with Gasteiger partial charge in [0.25, 0.3) is 5.91 Å². The summed E-state index contributed by atoms with van der Waals surface area (Å²) in [5, 5.41) is 0.560. The van der Waals surface area contributed by atoms with Gasteiger partial charge in [-0.25, -0.2) is 10.9 Å². The molecule has 1 heterocycles. The van der Waals surface area contributed by atoms with Crippen LogP contribution in [-0.4, -0.2) is 22.9 Å². The van der Waals surface area contributed by atoms with E-state index in [1.54, 1.807) is 0 Å². The fourth-order valence-electron chi connectivity index (χ4n) is 0.675. The minimum Gasteiger partial charge on any atom is -0.319 e. The maximum absolute atomic E-state index is 10.6. The molecular weight excluding hydrogens is 122 g/mol. The average molecular weight is 129 g/mol. The average Bonchev–Trinajstić information content (AvgIpc) is 1.98. The molecule has 0 aromatic heterocycles. The van der Waals surface area contributed by atoms with Crippen LogP contribution >= 0.6 is 0 Å². The summed E-state index contributed by atoms with van der Waals surface area (Å²) in [6.45, 7) is 0. The van der Waals surface area contributed by atoms with Crippen LogP contribution in [0.4, 0.5) is 0 Å². The summed E-state index contributed by atoms with van der Waals surface area (Å²) in [5.74, 6) is 4.06. The number of imide groups is 1. The molecule has 0 radical (unpaired) electrons. The van der Waals surface area contributed by atoms with Crippen molar-refractivity contribution in [3.8, 4) is 0 Å². The Morgan fingerprint density at radius 1 is 1.56 bits per heavy atom. The van der Waals surface area contributed by atoms with Crippen molar-refractivity contribution in [3.05, 3.63) is 0 Å². The van der Waals surface area contributed by atoms with Gasteiger partial charge in [-0.2, -0.15) is 0 Å². The van der Waals surface area contributed by atoms with Crippen LogP contribution in [-0.2, 0) is 9.59 Å². The molecule has 2 amide bonds. The lowest BCUT2D eigenvalue weighted by molar-refractivity contribution is -0.138. The normalized spacial score (nSPS) is 27.8. The third kappa shape index (κ3) is 0.797. The van der Waals surface area contributed by atoms with Crippen molar-refractivity contribution >= 4 is 11.8 Å². The monoisotopic (exact) mass is 129 g/mol. The largest absolute Gasteiger partial charge is 0.319 e. The molecule has 5 nitrogen and oxygen atoms in total. The summed E-state index contributed by atoms with van der Waals surface area (Å²) in [6.07, 6.45) is 0.0370. The van der Waals surface area contributed by atoms with Gasteiger partial charge in [0.15, 0.2) is 0 Å². The Hall–Kier alpha value is -0.940. The highest BCUT2D eigenvalue weighted by Crippen LogP contribution is 2.04. The summed E-state index contributed by atoms with van der Waals surface area (Å²) in [7, 11) is 0. The van der Waals surface area contributed by atoms with Gasteiger partial charge in [-0.1, -0.05) is 0 Å². The molecule has 0 spiro atoms. The summed E-state index contributed by atoms with van der Waals surface area (Å²) in [6, 6.07) is -0.720. The molecule has 1 saturated heterocycles. The number of amides is 2. The number of hydrogen-bond acceptors (Lipinski definition) is 4. The smallest absolute Gasteiger partial charge is 0.260 e. The van der Waals surface area contributed by atoms with E-state index in [-0.39, 0.29) is 6.42 Å². The number of nitrogens with zero attached hydrogens (tertiary/aromatic N) is 1. The first-order valence-corrected chi connectivity index (χ1v) is 2.50. The van der Waals surface area contributed by atoms with Crippen molar-refractivity contribution in [1.29, 1.82) is 0 Å². The summed E-state index contributed by atoms with van der Waals surface area (Å²) in [5.41, 5.74) is 5.17. The molecule has 1 atom stereocenters. The molecule has 5 heteroatoms. The van der Waals surface area contributed by atoms with Gasteiger partial charge in [0.1, 0.15) is 0 Å². The first-order chi connectivity index (χ1) is 4.13. The van der Waals surface area contributed by atoms with Gasteiger partial charge in [-0.05, 0) is 0 Å². The topological polar surface area (TPSA) is 89.4 Å². The third-order valence-electron chi connectivity index (χ3n) is 1.22. The molecule has 0 bridgehead atoms. The number of hydrogen-bond donors (Lipinski definition) is 2. The number of nitrogens with two attached hydrogens (primary N) is 2. The van der Waals surface area contributed by atoms with Gasteiger partial charge in [0.05, 0.1) is 12.5 Å². The highest BCUT2D eigenvalue weighted by molar-refractivity contribution is 6.04. The van der Waals surface area contributed by atoms with Crippen LogP contribution in [0.2, 0.25) is 0 Å². The zero-order chi connectivity index (χ0) is 7.02. The van der Waals surface area contributed by atoms with Crippen LogP contribution < -0.4 is 11.6 Å². The predicted octanol–water partition coefficient (Wildman–Crippen LogP) is -2.05. The molecule has 1 fully saturated rings. The third-order valence-corrected chi connectivity index (χ3v) is 1.22. The number of carbonyl (C=O) groups is 2. The van der Waals surface area contributed by atoms with Crippen molar-refractivity contribution in [1.82, 2.24) is 5.01 Å². The molecular formula is C4H7N3O2. The van der Waals surface area contributed by atoms with E-state index in [0.717, 1.165) is 0 Å². The summed E-state index contributed by atoms with van der Waals surface area (Å²) >= 11 is 0. The SMILES string of the molecule is N[C@H]1CC(=O)N(N)C1=O. The Morgan fingerprint density at radius 2 is 2.11 bits per heavy atom. The van der Waals surface area contributed by atoms with Crippen LogP contribution in [0.3, 0.4) is 0 Å². The fraction of sp³-hybridized carbons (Fsp3) is 0.500. The minimum absolute atomic E-state index is 0.0370. The molecule has 0 aromatic carbocycles. The van der Waals surface area contributed by atoms with Gasteiger partial charge in [0.2, 0.25) is 5.91 Å². The lowest BCUT2D eigenvalue weighted by atomic mass is 10.3. The standard InChI is InChI=1S/C4H7N3O2/c5-2-1-3(8)7(6)4(2)9/h2H,1,5-6H2/t2-/m0/s1. The van der Waals surface area contributed by atoms with E-state index in [2.05, 4.69) is 0 Å². The fourth-order valence-corrected chi connectivity index (χ4v) is 0.675. The van der Waals surface area contributed by atoms with Gasteiger partial charge in [-0.15, -0.1) is 0 Å². The Labute approximate surface area is 51.6 Å². The lowest BCUT2D eigenvalue weighted by Crippen LogP contribution is -2.40. The Morgan fingerprint density at radius 3 is 2.22 bits per heavy atom. The highest BCUT2D eigenvalue weighted by Gasteiger charge is 2.33. The van der Waals surface area contributed by atoms with E-state index in [9.17, 15) is 9.59 Å².